The van der Waals surface area contributed by atoms with Crippen molar-refractivity contribution < 1.29 is 14.3 Å². The summed E-state index contributed by atoms with van der Waals surface area (Å²) >= 11 is 0. The van der Waals surface area contributed by atoms with Gasteiger partial charge in [-0.3, -0.25) is 4.79 Å². The third-order valence-electron chi connectivity index (χ3n) is 4.57. The number of ether oxygens (including phenoxy) is 2. The largest absolute Gasteiger partial charge is 0.493 e. The number of benzene rings is 1. The average molecular weight is 392 g/mol. The van der Waals surface area contributed by atoms with Crippen LogP contribution in [0, 0.1) is 6.92 Å². The number of rotatable bonds is 7. The van der Waals surface area contributed by atoms with E-state index in [9.17, 15) is 4.79 Å². The highest BCUT2D eigenvalue weighted by atomic mass is 16.5. The summed E-state index contributed by atoms with van der Waals surface area (Å²) in [5.74, 6) is 1.80. The Labute approximate surface area is 170 Å². The maximum atomic E-state index is 12.4. The predicted octanol–water partition coefficient (Wildman–Crippen LogP) is 3.48. The van der Waals surface area contributed by atoms with E-state index in [-0.39, 0.29) is 11.9 Å². The predicted molar refractivity (Wildman–Crippen MR) is 111 cm³/mol. The van der Waals surface area contributed by atoms with Crippen molar-refractivity contribution in [3.05, 3.63) is 71.7 Å². The van der Waals surface area contributed by atoms with Crippen LogP contribution < -0.4 is 14.8 Å². The van der Waals surface area contributed by atoms with Gasteiger partial charge in [-0.2, -0.15) is 5.10 Å². The Morgan fingerprint density at radius 1 is 1.17 bits per heavy atom. The van der Waals surface area contributed by atoms with Crippen LogP contribution in [0.2, 0.25) is 0 Å². The van der Waals surface area contributed by atoms with Gasteiger partial charge in [0.2, 0.25) is 5.91 Å². The molecule has 7 heteroatoms. The first kappa shape index (κ1) is 20.1. The Kier molecular flexibility index (Phi) is 6.29. The molecule has 2 aromatic heterocycles. The molecule has 0 aliphatic carbocycles. The molecule has 0 aliphatic rings. The van der Waals surface area contributed by atoms with Crippen LogP contribution in [0.15, 0.2) is 54.9 Å². The van der Waals surface area contributed by atoms with Crippen LogP contribution in [0.5, 0.6) is 11.5 Å². The van der Waals surface area contributed by atoms with Crippen LogP contribution in [-0.2, 0) is 4.79 Å². The zero-order valence-corrected chi connectivity index (χ0v) is 16.9. The van der Waals surface area contributed by atoms with E-state index in [0.29, 0.717) is 11.5 Å². The highest BCUT2D eigenvalue weighted by Gasteiger charge is 2.16. The zero-order valence-electron chi connectivity index (χ0n) is 16.9. The van der Waals surface area contributed by atoms with Crippen LogP contribution in [0.4, 0.5) is 0 Å². The molecule has 0 aliphatic heterocycles. The van der Waals surface area contributed by atoms with Crippen molar-refractivity contribution in [3.63, 3.8) is 0 Å². The molecule has 1 atom stereocenters. The second-order valence-electron chi connectivity index (χ2n) is 6.46. The molecule has 0 radical (unpaired) electrons. The number of amides is 1. The molecular formula is C22H24N4O3. The van der Waals surface area contributed by atoms with E-state index in [1.807, 2.05) is 44.2 Å². The summed E-state index contributed by atoms with van der Waals surface area (Å²) in [4.78, 5) is 16.7. The molecule has 0 saturated heterocycles. The van der Waals surface area contributed by atoms with Crippen LogP contribution in [0.25, 0.3) is 11.9 Å². The first-order valence-corrected chi connectivity index (χ1v) is 9.20. The van der Waals surface area contributed by atoms with Crippen LogP contribution in [0.3, 0.4) is 0 Å². The monoisotopic (exact) mass is 392 g/mol. The SMILES string of the molecule is COc1ccc(C=CC(=O)NC(C)c2cnn(-c3ccccn3)c2C)cc1OC. The van der Waals surface area contributed by atoms with Gasteiger partial charge in [0.25, 0.3) is 0 Å². The van der Waals surface area contributed by atoms with Gasteiger partial charge in [0.05, 0.1) is 26.5 Å². The molecule has 29 heavy (non-hydrogen) atoms. The summed E-state index contributed by atoms with van der Waals surface area (Å²) in [7, 11) is 3.16. The van der Waals surface area contributed by atoms with E-state index in [2.05, 4.69) is 15.4 Å². The smallest absolute Gasteiger partial charge is 0.244 e. The summed E-state index contributed by atoms with van der Waals surface area (Å²) in [6.07, 6.45) is 6.71. The third kappa shape index (κ3) is 4.63. The first-order valence-electron chi connectivity index (χ1n) is 9.20. The van der Waals surface area contributed by atoms with Gasteiger partial charge in [0.15, 0.2) is 17.3 Å². The number of hydrogen-bond donors (Lipinski definition) is 1. The summed E-state index contributed by atoms with van der Waals surface area (Å²) in [5.41, 5.74) is 2.70. The Morgan fingerprint density at radius 2 is 1.97 bits per heavy atom. The zero-order chi connectivity index (χ0) is 20.8. The average Bonchev–Trinajstić information content (AvgIpc) is 3.14. The Morgan fingerprint density at radius 3 is 2.66 bits per heavy atom. The fourth-order valence-corrected chi connectivity index (χ4v) is 3.03. The molecular weight excluding hydrogens is 368 g/mol. The van der Waals surface area contributed by atoms with Crippen LogP contribution in [0.1, 0.15) is 29.8 Å². The van der Waals surface area contributed by atoms with E-state index in [1.54, 1.807) is 43.4 Å². The number of nitrogens with one attached hydrogen (secondary N) is 1. The quantitative estimate of drug-likeness (QED) is 0.623. The van der Waals surface area contributed by atoms with Crippen molar-refractivity contribution in [1.29, 1.82) is 0 Å². The van der Waals surface area contributed by atoms with Crippen LogP contribution >= 0.6 is 0 Å². The van der Waals surface area contributed by atoms with Crippen molar-refractivity contribution in [1.82, 2.24) is 20.1 Å². The standard InChI is InChI=1S/C22H24N4O3/c1-15(18-14-24-26(16(18)2)21-7-5-6-12-23-21)25-22(27)11-9-17-8-10-19(28-3)20(13-17)29-4/h5-15H,1-4H3,(H,25,27). The number of methoxy groups -OCH3 is 2. The van der Waals surface area contributed by atoms with Crippen molar-refractivity contribution >= 4 is 12.0 Å². The fraction of sp³-hybridized carbons (Fsp3) is 0.227. The highest BCUT2D eigenvalue weighted by Crippen LogP contribution is 2.28. The second-order valence-corrected chi connectivity index (χ2v) is 6.46. The molecule has 2 heterocycles. The minimum Gasteiger partial charge on any atom is -0.493 e. The minimum atomic E-state index is -0.199. The number of nitrogens with zero attached hydrogens (tertiary/aromatic N) is 3. The Bertz CT molecular complexity index is 1010. The van der Waals surface area contributed by atoms with E-state index in [4.69, 9.17) is 9.47 Å². The number of carbonyl (C=O) groups is 1. The van der Waals surface area contributed by atoms with Crippen molar-refractivity contribution in [2.45, 2.75) is 19.9 Å². The van der Waals surface area contributed by atoms with Gasteiger partial charge in [0, 0.05) is 23.5 Å². The van der Waals surface area contributed by atoms with Crippen molar-refractivity contribution in [3.8, 4) is 17.3 Å². The van der Waals surface area contributed by atoms with Gasteiger partial charge in [-0.05, 0) is 49.8 Å². The van der Waals surface area contributed by atoms with Gasteiger partial charge in [0.1, 0.15) is 0 Å². The molecule has 3 rings (SSSR count). The molecule has 150 valence electrons. The fourth-order valence-electron chi connectivity index (χ4n) is 3.03. The van der Waals surface area contributed by atoms with E-state index in [0.717, 1.165) is 22.6 Å². The number of aromatic nitrogens is 3. The molecule has 3 aromatic rings. The summed E-state index contributed by atoms with van der Waals surface area (Å²) in [6, 6.07) is 10.9. The second kappa shape index (κ2) is 9.05. The van der Waals surface area contributed by atoms with E-state index >= 15 is 0 Å². The first-order chi connectivity index (χ1) is 14.0. The third-order valence-corrected chi connectivity index (χ3v) is 4.57. The minimum absolute atomic E-state index is 0.197. The Balaban J connectivity index is 1.68. The van der Waals surface area contributed by atoms with Crippen molar-refractivity contribution in [2.24, 2.45) is 0 Å². The van der Waals surface area contributed by atoms with E-state index in [1.165, 1.54) is 6.08 Å². The molecule has 0 spiro atoms. The number of carbonyl (C=O) groups excluding carboxylic acids is 1. The molecule has 1 amide bonds. The molecule has 1 N–H and O–H groups in total. The molecule has 1 aromatic carbocycles. The summed E-state index contributed by atoms with van der Waals surface area (Å²) in [6.45, 7) is 3.88. The molecule has 0 saturated carbocycles. The summed E-state index contributed by atoms with van der Waals surface area (Å²) < 4.78 is 12.3. The molecule has 1 unspecified atom stereocenters. The lowest BCUT2D eigenvalue weighted by Gasteiger charge is -2.12. The Hall–Kier alpha value is -3.61. The highest BCUT2D eigenvalue weighted by molar-refractivity contribution is 5.92. The van der Waals surface area contributed by atoms with Crippen molar-refractivity contribution in [2.75, 3.05) is 14.2 Å². The van der Waals surface area contributed by atoms with Gasteiger partial charge in [-0.25, -0.2) is 9.67 Å². The van der Waals surface area contributed by atoms with E-state index < -0.39 is 0 Å². The topological polar surface area (TPSA) is 78.3 Å². The maximum absolute atomic E-state index is 12.4. The summed E-state index contributed by atoms with van der Waals surface area (Å²) in [5, 5.41) is 7.37. The van der Waals surface area contributed by atoms with Crippen LogP contribution in [-0.4, -0.2) is 34.9 Å². The lowest BCUT2D eigenvalue weighted by Crippen LogP contribution is -2.25. The van der Waals surface area contributed by atoms with Gasteiger partial charge in [-0.15, -0.1) is 0 Å². The number of pyridine rings is 1. The molecule has 0 bridgehead atoms. The van der Waals surface area contributed by atoms with Gasteiger partial charge in [-0.1, -0.05) is 12.1 Å². The normalized spacial score (nSPS) is 12.0. The molecule has 0 fully saturated rings. The lowest BCUT2D eigenvalue weighted by atomic mass is 10.1. The maximum Gasteiger partial charge on any atom is 0.244 e. The number of hydrogen-bond acceptors (Lipinski definition) is 5. The van der Waals surface area contributed by atoms with Gasteiger partial charge >= 0.3 is 0 Å². The lowest BCUT2D eigenvalue weighted by molar-refractivity contribution is -0.117. The molecule has 7 nitrogen and oxygen atoms in total. The van der Waals surface area contributed by atoms with Gasteiger partial charge < -0.3 is 14.8 Å².